The lowest BCUT2D eigenvalue weighted by atomic mass is 10.1. The van der Waals surface area contributed by atoms with Gasteiger partial charge in [-0.1, -0.05) is 11.8 Å². The molecule has 0 aromatic heterocycles. The minimum absolute atomic E-state index is 0.232. The van der Waals surface area contributed by atoms with E-state index >= 15 is 0 Å². The summed E-state index contributed by atoms with van der Waals surface area (Å²) >= 11 is 0. The Hall–Kier alpha value is -2.84. The van der Waals surface area contributed by atoms with Crippen molar-refractivity contribution in [3.05, 3.63) is 65.0 Å². The van der Waals surface area contributed by atoms with Crippen molar-refractivity contribution in [2.75, 3.05) is 20.2 Å². The van der Waals surface area contributed by atoms with Gasteiger partial charge in [-0.3, -0.25) is 4.79 Å². The van der Waals surface area contributed by atoms with E-state index in [1.54, 1.807) is 42.3 Å². The Balaban J connectivity index is 1.75. The molecule has 0 bridgehead atoms. The van der Waals surface area contributed by atoms with E-state index in [2.05, 4.69) is 11.8 Å². The first-order valence-electron chi connectivity index (χ1n) is 8.50. The van der Waals surface area contributed by atoms with Crippen LogP contribution in [0.25, 0.3) is 0 Å². The van der Waals surface area contributed by atoms with Gasteiger partial charge in [-0.15, -0.1) is 0 Å². The Bertz CT molecular complexity index is 852. The maximum atomic E-state index is 14.3. The fourth-order valence-corrected chi connectivity index (χ4v) is 2.89. The fraction of sp³-hybridized carbons (Fsp3) is 0.286. The van der Waals surface area contributed by atoms with Crippen molar-refractivity contribution in [2.45, 2.75) is 18.9 Å². The highest BCUT2D eigenvalue weighted by atomic mass is 19.1. The van der Waals surface area contributed by atoms with E-state index in [1.165, 1.54) is 12.1 Å². The lowest BCUT2D eigenvalue weighted by Crippen LogP contribution is -2.42. The van der Waals surface area contributed by atoms with Crippen LogP contribution in [0.5, 0.6) is 5.75 Å². The molecule has 1 atom stereocenters. The first-order chi connectivity index (χ1) is 12.6. The van der Waals surface area contributed by atoms with Gasteiger partial charge in [0.15, 0.2) is 0 Å². The molecule has 1 N–H and O–H groups in total. The molecule has 1 saturated heterocycles. The second-order valence-corrected chi connectivity index (χ2v) is 6.22. The summed E-state index contributed by atoms with van der Waals surface area (Å²) in [4.78, 5) is 14.0. The number of methoxy groups -OCH3 is 1. The molecule has 26 heavy (non-hydrogen) atoms. The average molecular weight is 353 g/mol. The second-order valence-electron chi connectivity index (χ2n) is 6.22. The Morgan fingerprint density at radius 1 is 1.23 bits per heavy atom. The molecule has 0 radical (unpaired) electrons. The summed E-state index contributed by atoms with van der Waals surface area (Å²) in [5.74, 6) is 5.62. The van der Waals surface area contributed by atoms with Crippen LogP contribution in [-0.2, 0) is 0 Å². The maximum absolute atomic E-state index is 14.3. The number of amides is 1. The lowest BCUT2D eigenvalue weighted by Gasteiger charge is -2.30. The number of ether oxygens (including phenoxy) is 1. The molecule has 0 unspecified atom stereocenters. The third kappa shape index (κ3) is 4.22. The van der Waals surface area contributed by atoms with Crippen LogP contribution in [0.15, 0.2) is 42.5 Å². The number of nitrogens with zero attached hydrogens (tertiary/aromatic N) is 1. The average Bonchev–Trinajstić information content (AvgIpc) is 2.67. The number of aliphatic hydroxyl groups excluding tert-OH is 1. The van der Waals surface area contributed by atoms with E-state index in [0.29, 0.717) is 19.5 Å². The van der Waals surface area contributed by atoms with Crippen LogP contribution < -0.4 is 4.74 Å². The molecule has 1 fully saturated rings. The van der Waals surface area contributed by atoms with Gasteiger partial charge in [0.25, 0.3) is 5.91 Å². The molecule has 2 aromatic rings. The minimum atomic E-state index is -0.533. The van der Waals surface area contributed by atoms with Crippen molar-refractivity contribution in [2.24, 2.45) is 0 Å². The van der Waals surface area contributed by atoms with Crippen LogP contribution in [0, 0.1) is 17.7 Å². The predicted molar refractivity (Wildman–Crippen MR) is 96.5 cm³/mol. The maximum Gasteiger partial charge on any atom is 0.254 e. The molecule has 134 valence electrons. The topological polar surface area (TPSA) is 49.8 Å². The van der Waals surface area contributed by atoms with Crippen molar-refractivity contribution in [1.82, 2.24) is 4.90 Å². The smallest absolute Gasteiger partial charge is 0.254 e. The number of benzene rings is 2. The monoisotopic (exact) mass is 353 g/mol. The Morgan fingerprint density at radius 3 is 2.65 bits per heavy atom. The number of aliphatic hydroxyl groups is 1. The van der Waals surface area contributed by atoms with Crippen LogP contribution in [0.4, 0.5) is 4.39 Å². The largest absolute Gasteiger partial charge is 0.497 e. The van der Waals surface area contributed by atoms with Crippen LogP contribution in [0.1, 0.15) is 34.3 Å². The molecular weight excluding hydrogens is 333 g/mol. The van der Waals surface area contributed by atoms with Gasteiger partial charge in [-0.25, -0.2) is 4.39 Å². The molecule has 4 nitrogen and oxygen atoms in total. The Labute approximate surface area is 152 Å². The summed E-state index contributed by atoms with van der Waals surface area (Å²) in [6.45, 7) is 0.871. The van der Waals surface area contributed by atoms with E-state index in [9.17, 15) is 14.3 Å². The highest BCUT2D eigenvalue weighted by Crippen LogP contribution is 2.16. The fourth-order valence-electron chi connectivity index (χ4n) is 2.89. The summed E-state index contributed by atoms with van der Waals surface area (Å²) in [6.07, 6.45) is 0.936. The number of hydrogen-bond acceptors (Lipinski definition) is 3. The molecule has 3 rings (SSSR count). The zero-order valence-electron chi connectivity index (χ0n) is 14.5. The molecule has 0 spiro atoms. The van der Waals surface area contributed by atoms with E-state index < -0.39 is 11.9 Å². The first kappa shape index (κ1) is 18.0. The van der Waals surface area contributed by atoms with Gasteiger partial charge in [-0.05, 0) is 55.3 Å². The third-order valence-electron chi connectivity index (χ3n) is 4.33. The van der Waals surface area contributed by atoms with Crippen molar-refractivity contribution in [3.63, 3.8) is 0 Å². The lowest BCUT2D eigenvalue weighted by molar-refractivity contribution is 0.0473. The van der Waals surface area contributed by atoms with Crippen LogP contribution >= 0.6 is 0 Å². The molecule has 2 aromatic carbocycles. The molecule has 1 amide bonds. The standard InChI is InChI=1S/C21H20FNO3/c1-26-19-10-5-15(6-11-19)4-7-16-8-9-17(13-20(16)22)21(25)23-12-2-3-18(24)14-23/h5-6,8-11,13,18,24H,2-3,12,14H2,1H3/t18-/m1/s1. The van der Waals surface area contributed by atoms with E-state index in [1.807, 2.05) is 0 Å². The molecule has 0 aliphatic carbocycles. The molecule has 0 saturated carbocycles. The van der Waals surface area contributed by atoms with Gasteiger partial charge in [0.2, 0.25) is 0 Å². The van der Waals surface area contributed by atoms with Gasteiger partial charge >= 0.3 is 0 Å². The van der Waals surface area contributed by atoms with Gasteiger partial charge < -0.3 is 14.7 Å². The van der Waals surface area contributed by atoms with Crippen molar-refractivity contribution in [1.29, 1.82) is 0 Å². The third-order valence-corrected chi connectivity index (χ3v) is 4.33. The summed E-state index contributed by atoms with van der Waals surface area (Å²) in [5.41, 5.74) is 1.25. The van der Waals surface area contributed by atoms with Gasteiger partial charge in [0.05, 0.1) is 18.8 Å². The number of rotatable bonds is 2. The minimum Gasteiger partial charge on any atom is -0.497 e. The van der Waals surface area contributed by atoms with Crippen LogP contribution in [0.2, 0.25) is 0 Å². The molecule has 1 aliphatic rings. The Morgan fingerprint density at radius 2 is 2.00 bits per heavy atom. The highest BCUT2D eigenvalue weighted by molar-refractivity contribution is 5.94. The number of β-amino-alcohol motifs (C(OH)–C–C–N with tert-alkyl or cyclic N) is 1. The SMILES string of the molecule is COc1ccc(C#Cc2ccc(C(=O)N3CCC[C@@H](O)C3)cc2F)cc1. The number of carbonyl (C=O) groups excluding carboxylic acids is 1. The normalized spacial score (nSPS) is 16.6. The molecule has 1 aliphatic heterocycles. The van der Waals surface area contributed by atoms with Crippen LogP contribution in [0.3, 0.4) is 0 Å². The predicted octanol–water partition coefficient (Wildman–Crippen LogP) is 2.83. The number of piperidine rings is 1. The van der Waals surface area contributed by atoms with Gasteiger partial charge in [-0.2, -0.15) is 0 Å². The summed E-state index contributed by atoms with van der Waals surface area (Å²) in [6, 6.07) is 11.5. The molecule has 5 heteroatoms. The summed E-state index contributed by atoms with van der Waals surface area (Å²) in [5, 5.41) is 9.69. The zero-order chi connectivity index (χ0) is 18.5. The number of hydrogen-bond donors (Lipinski definition) is 1. The number of likely N-dealkylation sites (tertiary alicyclic amines) is 1. The summed E-state index contributed by atoms with van der Waals surface area (Å²) in [7, 11) is 1.59. The molecular formula is C21H20FNO3. The van der Waals surface area contributed by atoms with Crippen molar-refractivity contribution < 1.29 is 19.0 Å². The van der Waals surface area contributed by atoms with Crippen molar-refractivity contribution in [3.8, 4) is 17.6 Å². The molecule has 1 heterocycles. The van der Waals surface area contributed by atoms with Crippen LogP contribution in [-0.4, -0.2) is 42.2 Å². The zero-order valence-corrected chi connectivity index (χ0v) is 14.5. The second kappa shape index (κ2) is 8.03. The van der Waals surface area contributed by atoms with Gasteiger partial charge in [0, 0.05) is 24.2 Å². The first-order valence-corrected chi connectivity index (χ1v) is 8.50. The quantitative estimate of drug-likeness (QED) is 0.845. The van der Waals surface area contributed by atoms with E-state index in [4.69, 9.17) is 4.74 Å². The summed E-state index contributed by atoms with van der Waals surface area (Å²) < 4.78 is 19.4. The number of carbonyl (C=O) groups is 1. The van der Waals surface area contributed by atoms with Gasteiger partial charge in [0.1, 0.15) is 11.6 Å². The number of halogens is 1. The van der Waals surface area contributed by atoms with E-state index in [-0.39, 0.29) is 17.0 Å². The Kier molecular flexibility index (Phi) is 5.55. The van der Waals surface area contributed by atoms with Crippen molar-refractivity contribution >= 4 is 5.91 Å². The van der Waals surface area contributed by atoms with E-state index in [0.717, 1.165) is 17.7 Å². The highest BCUT2D eigenvalue weighted by Gasteiger charge is 2.23.